The van der Waals surface area contributed by atoms with E-state index in [9.17, 15) is 18.1 Å². The third kappa shape index (κ3) is 13.2. The van der Waals surface area contributed by atoms with Crippen LogP contribution in [0.1, 0.15) is 78.1 Å². The molecule has 0 spiro atoms. The Labute approximate surface area is 167 Å². The molecule has 0 radical (unpaired) electrons. The first-order valence-corrected chi connectivity index (χ1v) is 9.01. The maximum Gasteiger partial charge on any atom is 1.00 e. The molecular weight excluding hydrogens is 303 g/mol. The monoisotopic (exact) mass is 332 g/mol. The molecule has 0 saturated carbocycles. The van der Waals surface area contributed by atoms with Gasteiger partial charge in [0.15, 0.2) is 0 Å². The molecule has 0 saturated heterocycles. The van der Waals surface area contributed by atoms with E-state index in [0.29, 0.717) is 25.7 Å². The molecule has 4 nitrogen and oxygen atoms in total. The van der Waals surface area contributed by atoms with Crippen LogP contribution in [0.3, 0.4) is 0 Å². The normalized spacial score (nSPS) is 14.6. The fourth-order valence-corrected chi connectivity index (χ4v) is 3.14. The first-order chi connectivity index (χ1) is 8.91. The van der Waals surface area contributed by atoms with Gasteiger partial charge in [0.1, 0.15) is 0 Å². The molecule has 0 heterocycles. The molecule has 0 aromatic heterocycles. The first kappa shape index (κ1) is 23.8. The number of rotatable bonds is 12. The van der Waals surface area contributed by atoms with Gasteiger partial charge >= 0.3 is 51.4 Å². The van der Waals surface area contributed by atoms with Gasteiger partial charge in [-0.2, -0.15) is 0 Å². The van der Waals surface area contributed by atoms with E-state index < -0.39 is 21.5 Å². The summed E-state index contributed by atoms with van der Waals surface area (Å²) in [6.07, 6.45) is 7.37. The van der Waals surface area contributed by atoms with Crippen molar-refractivity contribution in [3.63, 3.8) is 0 Å². The molecule has 0 aromatic rings. The Hall–Kier alpha value is 1.51. The van der Waals surface area contributed by atoms with Crippen molar-refractivity contribution in [2.75, 3.05) is 0 Å². The minimum Gasteiger partial charge on any atom is -0.748 e. The van der Waals surface area contributed by atoms with E-state index in [1.54, 1.807) is 0 Å². The summed E-state index contributed by atoms with van der Waals surface area (Å²) in [6.45, 7) is 4.10. The molecule has 1 N–H and O–H groups in total. The van der Waals surface area contributed by atoms with Crippen LogP contribution in [0.15, 0.2) is 0 Å². The minimum absolute atomic E-state index is 0. The van der Waals surface area contributed by atoms with Gasteiger partial charge in [0, 0.05) is 5.25 Å². The smallest absolute Gasteiger partial charge is 0.748 e. The Morgan fingerprint density at radius 3 is 2.00 bits per heavy atom. The molecule has 2 unspecified atom stereocenters. The van der Waals surface area contributed by atoms with Crippen LogP contribution in [0.5, 0.6) is 0 Å². The van der Waals surface area contributed by atoms with Gasteiger partial charge in [0.05, 0.1) is 16.2 Å². The fourth-order valence-electron chi connectivity index (χ4n) is 2.26. The van der Waals surface area contributed by atoms with Crippen LogP contribution >= 0.6 is 0 Å². The molecule has 0 amide bonds. The Kier molecular flexibility index (Phi) is 16.8. The Balaban J connectivity index is 0. The van der Waals surface area contributed by atoms with Crippen molar-refractivity contribution in [2.24, 2.45) is 0 Å². The molecule has 2 atom stereocenters. The zero-order valence-electron chi connectivity index (χ0n) is 13.3. The van der Waals surface area contributed by atoms with Gasteiger partial charge in [-0.15, -0.1) is 0 Å². The van der Waals surface area contributed by atoms with Crippen LogP contribution in [-0.4, -0.2) is 29.4 Å². The van der Waals surface area contributed by atoms with Gasteiger partial charge in [0.25, 0.3) is 0 Å². The zero-order valence-corrected chi connectivity index (χ0v) is 17.2. The van der Waals surface area contributed by atoms with Crippen LogP contribution in [0.4, 0.5) is 0 Å². The molecule has 0 bridgehead atoms. The number of aliphatic hydroxyl groups is 1. The molecule has 0 aliphatic carbocycles. The van der Waals surface area contributed by atoms with E-state index in [0.717, 1.165) is 38.5 Å². The van der Waals surface area contributed by atoms with Crippen LogP contribution in [-0.2, 0) is 10.1 Å². The molecular formula is C14H29KO4S. The average Bonchev–Trinajstić information content (AvgIpc) is 2.31. The van der Waals surface area contributed by atoms with E-state index in [4.69, 9.17) is 0 Å². The predicted molar refractivity (Wildman–Crippen MR) is 77.0 cm³/mol. The van der Waals surface area contributed by atoms with Crippen molar-refractivity contribution in [3.8, 4) is 0 Å². The molecule has 0 aliphatic rings. The van der Waals surface area contributed by atoms with Crippen LogP contribution < -0.4 is 51.4 Å². The van der Waals surface area contributed by atoms with E-state index >= 15 is 0 Å². The number of aliphatic hydroxyl groups excluding tert-OH is 1. The van der Waals surface area contributed by atoms with Crippen LogP contribution in [0.25, 0.3) is 0 Å². The third-order valence-corrected chi connectivity index (χ3v) is 4.77. The SMILES string of the molecule is CCCCCCCC(CCC(O)CCC)S(=O)(=O)[O-].[K+]. The van der Waals surface area contributed by atoms with Crippen molar-refractivity contribution in [1.82, 2.24) is 0 Å². The molecule has 0 fully saturated rings. The minimum atomic E-state index is -4.23. The van der Waals surface area contributed by atoms with Crippen molar-refractivity contribution in [2.45, 2.75) is 89.4 Å². The predicted octanol–water partition coefficient (Wildman–Crippen LogP) is 0.206. The maximum absolute atomic E-state index is 11.2. The average molecular weight is 333 g/mol. The van der Waals surface area contributed by atoms with Crippen molar-refractivity contribution in [1.29, 1.82) is 0 Å². The topological polar surface area (TPSA) is 77.4 Å². The van der Waals surface area contributed by atoms with E-state index in [2.05, 4.69) is 6.92 Å². The van der Waals surface area contributed by atoms with Crippen molar-refractivity contribution >= 4 is 10.1 Å². The molecule has 0 rings (SSSR count). The molecule has 116 valence electrons. The summed E-state index contributed by atoms with van der Waals surface area (Å²) in [5, 5.41) is 8.79. The van der Waals surface area contributed by atoms with Gasteiger partial charge in [-0.1, -0.05) is 52.4 Å². The van der Waals surface area contributed by atoms with Crippen molar-refractivity contribution in [3.05, 3.63) is 0 Å². The Morgan fingerprint density at radius 1 is 0.900 bits per heavy atom. The summed E-state index contributed by atoms with van der Waals surface area (Å²) in [5.41, 5.74) is 0. The van der Waals surface area contributed by atoms with E-state index in [-0.39, 0.29) is 51.4 Å². The van der Waals surface area contributed by atoms with Crippen LogP contribution in [0.2, 0.25) is 0 Å². The first-order valence-electron chi connectivity index (χ1n) is 7.54. The fraction of sp³-hybridized carbons (Fsp3) is 1.00. The number of unbranched alkanes of at least 4 members (excludes halogenated alkanes) is 4. The second kappa shape index (κ2) is 14.1. The van der Waals surface area contributed by atoms with E-state index in [1.807, 2.05) is 6.92 Å². The van der Waals surface area contributed by atoms with Gasteiger partial charge in [-0.25, -0.2) is 8.42 Å². The summed E-state index contributed by atoms with van der Waals surface area (Å²) in [4.78, 5) is 0. The van der Waals surface area contributed by atoms with Gasteiger partial charge in [0.2, 0.25) is 0 Å². The summed E-state index contributed by atoms with van der Waals surface area (Å²) >= 11 is 0. The van der Waals surface area contributed by atoms with Gasteiger partial charge in [-0.3, -0.25) is 0 Å². The standard InChI is InChI=1S/C14H30O4S.K/c1-3-5-6-7-8-10-14(19(16,17)18)12-11-13(15)9-4-2;/h13-15H,3-12H2,1-2H3,(H,16,17,18);/q;+1/p-1. The maximum atomic E-state index is 11.2. The molecule has 6 heteroatoms. The third-order valence-electron chi connectivity index (χ3n) is 3.48. The molecule has 0 aromatic carbocycles. The van der Waals surface area contributed by atoms with Crippen LogP contribution in [0, 0.1) is 0 Å². The Bertz CT molecular complexity index is 306. The number of hydrogen-bond donors (Lipinski definition) is 1. The molecule has 0 aliphatic heterocycles. The molecule has 20 heavy (non-hydrogen) atoms. The summed E-state index contributed by atoms with van der Waals surface area (Å²) < 4.78 is 33.6. The van der Waals surface area contributed by atoms with E-state index in [1.165, 1.54) is 0 Å². The zero-order chi connectivity index (χ0) is 14.7. The Morgan fingerprint density at radius 2 is 1.50 bits per heavy atom. The van der Waals surface area contributed by atoms with Gasteiger partial charge in [-0.05, 0) is 25.7 Å². The summed E-state index contributed by atoms with van der Waals surface area (Å²) in [7, 11) is -4.23. The second-order valence-corrected chi connectivity index (χ2v) is 6.99. The second-order valence-electron chi connectivity index (χ2n) is 5.34. The summed E-state index contributed by atoms with van der Waals surface area (Å²) in [5.74, 6) is 0. The number of hydrogen-bond acceptors (Lipinski definition) is 4. The largest absolute Gasteiger partial charge is 1.00 e. The van der Waals surface area contributed by atoms with Gasteiger partial charge < -0.3 is 9.66 Å². The quantitative estimate of drug-likeness (QED) is 0.315. The summed E-state index contributed by atoms with van der Waals surface area (Å²) in [6, 6.07) is 0. The van der Waals surface area contributed by atoms with Crippen molar-refractivity contribution < 1.29 is 69.5 Å².